The van der Waals surface area contributed by atoms with Crippen LogP contribution in [0.5, 0.6) is 0 Å². The summed E-state index contributed by atoms with van der Waals surface area (Å²) >= 11 is 1.71. The SMILES string of the molecule is CCCNc1cc(Cn2ccnc2-c2cccs2)ccn1. The van der Waals surface area contributed by atoms with Crippen LogP contribution in [-0.2, 0) is 6.54 Å². The number of aromatic nitrogens is 3. The molecule has 5 heteroatoms. The van der Waals surface area contributed by atoms with E-state index in [-0.39, 0.29) is 0 Å². The fraction of sp³-hybridized carbons (Fsp3) is 0.250. The Morgan fingerprint density at radius 2 is 2.19 bits per heavy atom. The summed E-state index contributed by atoms with van der Waals surface area (Å²) in [4.78, 5) is 10.0. The van der Waals surface area contributed by atoms with E-state index in [0.717, 1.165) is 31.2 Å². The largest absolute Gasteiger partial charge is 0.370 e. The number of anilines is 1. The third-order valence-electron chi connectivity index (χ3n) is 3.19. The molecule has 1 N–H and O–H groups in total. The summed E-state index contributed by atoms with van der Waals surface area (Å²) in [6.45, 7) is 3.90. The van der Waals surface area contributed by atoms with Crippen LogP contribution in [0.4, 0.5) is 5.82 Å². The first-order valence-electron chi connectivity index (χ1n) is 7.10. The van der Waals surface area contributed by atoms with Gasteiger partial charge in [0.25, 0.3) is 0 Å². The lowest BCUT2D eigenvalue weighted by molar-refractivity contribution is 0.807. The standard InChI is InChI=1S/C16H18N4S/c1-2-6-17-15-11-13(5-7-18-15)12-20-9-8-19-16(20)14-4-3-10-21-14/h3-5,7-11H,2,6,12H2,1H3,(H,17,18). The van der Waals surface area contributed by atoms with Crippen LogP contribution in [0.15, 0.2) is 48.2 Å². The van der Waals surface area contributed by atoms with E-state index < -0.39 is 0 Å². The summed E-state index contributed by atoms with van der Waals surface area (Å²) in [5, 5.41) is 5.40. The van der Waals surface area contributed by atoms with Gasteiger partial charge >= 0.3 is 0 Å². The molecule has 0 fully saturated rings. The molecule has 3 aromatic rings. The molecule has 3 rings (SSSR count). The highest BCUT2D eigenvalue weighted by Crippen LogP contribution is 2.23. The molecular weight excluding hydrogens is 280 g/mol. The van der Waals surface area contributed by atoms with Gasteiger partial charge in [-0.05, 0) is 35.6 Å². The molecule has 0 unspecified atom stereocenters. The summed E-state index contributed by atoms with van der Waals surface area (Å²) in [5.41, 5.74) is 1.22. The lowest BCUT2D eigenvalue weighted by Crippen LogP contribution is -2.04. The van der Waals surface area contributed by atoms with Crippen LogP contribution in [0.2, 0.25) is 0 Å². The smallest absolute Gasteiger partial charge is 0.150 e. The van der Waals surface area contributed by atoms with Crippen LogP contribution in [0.1, 0.15) is 18.9 Å². The maximum absolute atomic E-state index is 4.47. The second-order valence-corrected chi connectivity index (χ2v) is 5.78. The van der Waals surface area contributed by atoms with Crippen molar-refractivity contribution in [2.75, 3.05) is 11.9 Å². The van der Waals surface area contributed by atoms with Gasteiger partial charge in [-0.2, -0.15) is 0 Å². The molecule has 0 aromatic carbocycles. The first kappa shape index (κ1) is 13.8. The van der Waals surface area contributed by atoms with Gasteiger partial charge in [0.05, 0.1) is 4.88 Å². The van der Waals surface area contributed by atoms with Crippen molar-refractivity contribution in [3.8, 4) is 10.7 Å². The first-order valence-corrected chi connectivity index (χ1v) is 7.98. The van der Waals surface area contributed by atoms with Gasteiger partial charge in [-0.25, -0.2) is 9.97 Å². The van der Waals surface area contributed by atoms with Crippen LogP contribution in [0.25, 0.3) is 10.7 Å². The fourth-order valence-electron chi connectivity index (χ4n) is 2.19. The Hall–Kier alpha value is -2.14. The maximum Gasteiger partial charge on any atom is 0.150 e. The van der Waals surface area contributed by atoms with Gasteiger partial charge in [-0.3, -0.25) is 0 Å². The summed E-state index contributed by atoms with van der Waals surface area (Å²) in [6.07, 6.45) is 6.83. The molecule has 0 saturated heterocycles. The third kappa shape index (κ3) is 3.31. The molecule has 3 aromatic heterocycles. The lowest BCUT2D eigenvalue weighted by atomic mass is 10.2. The Balaban J connectivity index is 1.80. The van der Waals surface area contributed by atoms with Crippen LogP contribution in [0, 0.1) is 0 Å². The zero-order valence-electron chi connectivity index (χ0n) is 12.0. The summed E-state index contributed by atoms with van der Waals surface area (Å²) in [6, 6.07) is 8.31. The van der Waals surface area contributed by atoms with E-state index in [2.05, 4.69) is 56.4 Å². The Labute approximate surface area is 128 Å². The second kappa shape index (κ2) is 6.54. The number of hydrogen-bond donors (Lipinski definition) is 1. The number of hydrogen-bond acceptors (Lipinski definition) is 4. The lowest BCUT2D eigenvalue weighted by Gasteiger charge is -2.09. The van der Waals surface area contributed by atoms with Crippen molar-refractivity contribution in [3.05, 3.63) is 53.8 Å². The van der Waals surface area contributed by atoms with Gasteiger partial charge in [0.15, 0.2) is 0 Å². The van der Waals surface area contributed by atoms with E-state index in [9.17, 15) is 0 Å². The Morgan fingerprint density at radius 3 is 3.00 bits per heavy atom. The molecule has 0 atom stereocenters. The highest BCUT2D eigenvalue weighted by Gasteiger charge is 2.07. The Bertz CT molecular complexity index is 688. The van der Waals surface area contributed by atoms with Crippen molar-refractivity contribution < 1.29 is 0 Å². The molecule has 21 heavy (non-hydrogen) atoms. The highest BCUT2D eigenvalue weighted by atomic mass is 32.1. The normalized spacial score (nSPS) is 10.7. The average molecular weight is 298 g/mol. The molecule has 4 nitrogen and oxygen atoms in total. The van der Waals surface area contributed by atoms with Gasteiger partial charge in [0, 0.05) is 31.7 Å². The monoisotopic (exact) mass is 298 g/mol. The van der Waals surface area contributed by atoms with Crippen molar-refractivity contribution in [2.45, 2.75) is 19.9 Å². The van der Waals surface area contributed by atoms with E-state index in [1.807, 2.05) is 18.6 Å². The van der Waals surface area contributed by atoms with Gasteiger partial charge in [0.2, 0.25) is 0 Å². The van der Waals surface area contributed by atoms with Crippen molar-refractivity contribution in [1.82, 2.24) is 14.5 Å². The predicted molar refractivity (Wildman–Crippen MR) is 87.7 cm³/mol. The molecule has 0 aliphatic carbocycles. The minimum atomic E-state index is 0.802. The Kier molecular flexibility index (Phi) is 4.31. The van der Waals surface area contributed by atoms with Crippen molar-refractivity contribution in [3.63, 3.8) is 0 Å². The minimum absolute atomic E-state index is 0.802. The number of rotatable bonds is 6. The number of thiophene rings is 1. The Morgan fingerprint density at radius 1 is 1.24 bits per heavy atom. The van der Waals surface area contributed by atoms with Gasteiger partial charge in [-0.1, -0.05) is 13.0 Å². The predicted octanol–water partition coefficient (Wildman–Crippen LogP) is 3.88. The number of pyridine rings is 1. The molecule has 0 radical (unpaired) electrons. The molecular formula is C16H18N4S. The molecule has 3 heterocycles. The van der Waals surface area contributed by atoms with Crippen molar-refractivity contribution in [2.24, 2.45) is 0 Å². The third-order valence-corrected chi connectivity index (χ3v) is 4.06. The van der Waals surface area contributed by atoms with Crippen LogP contribution < -0.4 is 5.32 Å². The van der Waals surface area contributed by atoms with Gasteiger partial charge in [-0.15, -0.1) is 11.3 Å². The maximum atomic E-state index is 4.47. The summed E-state index contributed by atoms with van der Waals surface area (Å²) in [5.74, 6) is 1.96. The minimum Gasteiger partial charge on any atom is -0.370 e. The molecule has 0 saturated carbocycles. The van der Waals surface area contributed by atoms with E-state index >= 15 is 0 Å². The van der Waals surface area contributed by atoms with Crippen molar-refractivity contribution >= 4 is 17.2 Å². The molecule has 0 aliphatic heterocycles. The number of nitrogens with one attached hydrogen (secondary N) is 1. The first-order chi connectivity index (χ1) is 10.4. The van der Waals surface area contributed by atoms with E-state index in [1.165, 1.54) is 10.4 Å². The van der Waals surface area contributed by atoms with E-state index in [0.29, 0.717) is 0 Å². The van der Waals surface area contributed by atoms with Crippen LogP contribution in [0.3, 0.4) is 0 Å². The summed E-state index contributed by atoms with van der Waals surface area (Å²) < 4.78 is 2.17. The second-order valence-electron chi connectivity index (χ2n) is 4.83. The molecule has 0 amide bonds. The van der Waals surface area contributed by atoms with Crippen LogP contribution in [-0.4, -0.2) is 21.1 Å². The molecule has 108 valence electrons. The van der Waals surface area contributed by atoms with Crippen LogP contribution >= 0.6 is 11.3 Å². The van der Waals surface area contributed by atoms with E-state index in [1.54, 1.807) is 11.3 Å². The van der Waals surface area contributed by atoms with Gasteiger partial charge in [0.1, 0.15) is 11.6 Å². The fourth-order valence-corrected chi connectivity index (χ4v) is 2.92. The molecule has 0 spiro atoms. The van der Waals surface area contributed by atoms with Crippen molar-refractivity contribution in [1.29, 1.82) is 0 Å². The summed E-state index contributed by atoms with van der Waals surface area (Å²) in [7, 11) is 0. The van der Waals surface area contributed by atoms with Gasteiger partial charge < -0.3 is 9.88 Å². The zero-order chi connectivity index (χ0) is 14.5. The highest BCUT2D eigenvalue weighted by molar-refractivity contribution is 7.13. The van der Waals surface area contributed by atoms with E-state index in [4.69, 9.17) is 0 Å². The molecule has 0 aliphatic rings. The average Bonchev–Trinajstić information content (AvgIpc) is 3.16. The number of nitrogens with zero attached hydrogens (tertiary/aromatic N) is 3. The number of imidazole rings is 1. The molecule has 0 bridgehead atoms. The zero-order valence-corrected chi connectivity index (χ0v) is 12.8. The quantitative estimate of drug-likeness (QED) is 0.751. The topological polar surface area (TPSA) is 42.7 Å².